The van der Waals surface area contributed by atoms with Crippen molar-refractivity contribution in [2.24, 2.45) is 0 Å². The summed E-state index contributed by atoms with van der Waals surface area (Å²) in [7, 11) is 1.59. The SMILES string of the molecule is COc1cc([C@H]2CC(=O)Nc3nc(N)sc32)ccc1OCc1ccccc1Cl. The van der Waals surface area contributed by atoms with E-state index in [1.54, 1.807) is 7.11 Å². The molecule has 0 spiro atoms. The molecule has 0 saturated carbocycles. The number of nitrogens with zero attached hydrogens (tertiary/aromatic N) is 1. The number of anilines is 2. The molecule has 0 bridgehead atoms. The third-order valence-corrected chi connectivity index (χ3v) is 5.93. The number of hydrogen-bond donors (Lipinski definition) is 2. The van der Waals surface area contributed by atoms with E-state index in [1.807, 2.05) is 42.5 Å². The van der Waals surface area contributed by atoms with Gasteiger partial charge in [0.25, 0.3) is 0 Å². The first kappa shape index (κ1) is 18.6. The number of benzene rings is 2. The number of aromatic nitrogens is 1. The van der Waals surface area contributed by atoms with Crippen molar-refractivity contribution in [3.63, 3.8) is 0 Å². The Balaban J connectivity index is 1.61. The first-order valence-electron chi connectivity index (χ1n) is 8.65. The van der Waals surface area contributed by atoms with E-state index in [0.717, 1.165) is 16.0 Å². The molecule has 3 aromatic rings. The Kier molecular flexibility index (Phi) is 5.11. The molecule has 0 unspecified atom stereocenters. The van der Waals surface area contributed by atoms with Crippen molar-refractivity contribution in [3.8, 4) is 11.5 Å². The molecule has 3 N–H and O–H groups in total. The fourth-order valence-corrected chi connectivity index (χ4v) is 4.30. The summed E-state index contributed by atoms with van der Waals surface area (Å²) >= 11 is 7.58. The van der Waals surface area contributed by atoms with Crippen LogP contribution in [-0.4, -0.2) is 18.0 Å². The summed E-state index contributed by atoms with van der Waals surface area (Å²) in [5.41, 5.74) is 7.67. The average Bonchev–Trinajstić information content (AvgIpc) is 3.06. The van der Waals surface area contributed by atoms with E-state index < -0.39 is 0 Å². The number of halogens is 1. The fraction of sp³-hybridized carbons (Fsp3) is 0.200. The molecule has 1 aliphatic rings. The number of rotatable bonds is 5. The number of carbonyl (C=O) groups is 1. The van der Waals surface area contributed by atoms with Crippen molar-refractivity contribution in [2.45, 2.75) is 18.9 Å². The lowest BCUT2D eigenvalue weighted by Gasteiger charge is -2.22. The number of amides is 1. The van der Waals surface area contributed by atoms with E-state index in [0.29, 0.717) is 40.5 Å². The van der Waals surface area contributed by atoms with Crippen LogP contribution in [0.2, 0.25) is 5.02 Å². The number of hydrogen-bond acceptors (Lipinski definition) is 6. The van der Waals surface area contributed by atoms with Gasteiger partial charge in [0.05, 0.1) is 12.0 Å². The number of nitrogens with two attached hydrogens (primary N) is 1. The summed E-state index contributed by atoms with van der Waals surface area (Å²) in [6.07, 6.45) is 0.331. The highest BCUT2D eigenvalue weighted by Crippen LogP contribution is 2.43. The van der Waals surface area contributed by atoms with E-state index in [9.17, 15) is 4.79 Å². The largest absolute Gasteiger partial charge is 0.493 e. The van der Waals surface area contributed by atoms with Gasteiger partial charge in [0, 0.05) is 22.9 Å². The molecule has 0 aliphatic carbocycles. The Morgan fingerprint density at radius 3 is 2.89 bits per heavy atom. The summed E-state index contributed by atoms with van der Waals surface area (Å²) in [6, 6.07) is 13.2. The maximum atomic E-state index is 12.1. The molecule has 2 heterocycles. The quantitative estimate of drug-likeness (QED) is 0.643. The van der Waals surface area contributed by atoms with Crippen LogP contribution in [0.5, 0.6) is 11.5 Å². The van der Waals surface area contributed by atoms with Crippen molar-refractivity contribution in [1.82, 2.24) is 4.98 Å². The van der Waals surface area contributed by atoms with Gasteiger partial charge in [-0.15, -0.1) is 0 Å². The second kappa shape index (κ2) is 7.69. The zero-order valence-electron chi connectivity index (χ0n) is 15.1. The molecule has 2 aromatic carbocycles. The Morgan fingerprint density at radius 1 is 1.29 bits per heavy atom. The molecule has 6 nitrogen and oxygen atoms in total. The smallest absolute Gasteiger partial charge is 0.226 e. The predicted molar refractivity (Wildman–Crippen MR) is 110 cm³/mol. The van der Waals surface area contributed by atoms with Gasteiger partial charge in [0.2, 0.25) is 5.91 Å². The van der Waals surface area contributed by atoms with Crippen molar-refractivity contribution < 1.29 is 14.3 Å². The van der Waals surface area contributed by atoms with Gasteiger partial charge in [-0.25, -0.2) is 4.98 Å². The molecule has 1 amide bonds. The van der Waals surface area contributed by atoms with Crippen LogP contribution >= 0.6 is 22.9 Å². The van der Waals surface area contributed by atoms with Gasteiger partial charge in [-0.05, 0) is 23.8 Å². The standard InChI is InChI=1S/C20H18ClN3O3S/c1-26-16-8-11(13-9-17(25)23-19-18(13)28-20(22)24-19)6-7-15(16)27-10-12-4-2-3-5-14(12)21/h2-8,13H,9-10H2,1H3,(H2,22,24)(H,23,25)/t13-/m1/s1. The minimum Gasteiger partial charge on any atom is -0.493 e. The maximum absolute atomic E-state index is 12.1. The topological polar surface area (TPSA) is 86.5 Å². The average molecular weight is 416 g/mol. The van der Waals surface area contributed by atoms with Crippen molar-refractivity contribution in [2.75, 3.05) is 18.2 Å². The molecule has 1 aliphatic heterocycles. The summed E-state index contributed by atoms with van der Waals surface area (Å²) in [5, 5.41) is 3.86. The number of nitrogens with one attached hydrogen (secondary N) is 1. The zero-order chi connectivity index (χ0) is 19.7. The molecule has 4 rings (SSSR count). The van der Waals surface area contributed by atoms with Crippen LogP contribution in [0.25, 0.3) is 0 Å². The van der Waals surface area contributed by atoms with Crippen molar-refractivity contribution in [1.29, 1.82) is 0 Å². The molecule has 144 valence electrons. The van der Waals surface area contributed by atoms with Crippen LogP contribution in [0, 0.1) is 0 Å². The number of ether oxygens (including phenoxy) is 2. The van der Waals surface area contributed by atoms with E-state index in [4.69, 9.17) is 26.8 Å². The summed E-state index contributed by atoms with van der Waals surface area (Å²) in [4.78, 5) is 17.2. The second-order valence-corrected chi connectivity index (χ2v) is 7.83. The third-order valence-electron chi connectivity index (χ3n) is 4.56. The summed E-state index contributed by atoms with van der Waals surface area (Å²) in [5.74, 6) is 1.54. The zero-order valence-corrected chi connectivity index (χ0v) is 16.6. The number of nitrogen functional groups attached to an aromatic ring is 1. The Morgan fingerprint density at radius 2 is 2.11 bits per heavy atom. The first-order valence-corrected chi connectivity index (χ1v) is 9.84. The second-order valence-electron chi connectivity index (χ2n) is 6.36. The van der Waals surface area contributed by atoms with Crippen LogP contribution < -0.4 is 20.5 Å². The molecular weight excluding hydrogens is 398 g/mol. The highest BCUT2D eigenvalue weighted by molar-refractivity contribution is 7.16. The molecule has 8 heteroatoms. The van der Waals surface area contributed by atoms with Crippen LogP contribution in [0.4, 0.5) is 10.9 Å². The minimum atomic E-state index is -0.120. The molecular formula is C20H18ClN3O3S. The Hall–Kier alpha value is -2.77. The van der Waals surface area contributed by atoms with Gasteiger partial charge in [0.15, 0.2) is 16.6 Å². The van der Waals surface area contributed by atoms with Gasteiger partial charge in [-0.3, -0.25) is 4.79 Å². The van der Waals surface area contributed by atoms with Gasteiger partial charge in [-0.2, -0.15) is 0 Å². The van der Waals surface area contributed by atoms with Crippen molar-refractivity contribution in [3.05, 3.63) is 63.5 Å². The summed E-state index contributed by atoms with van der Waals surface area (Å²) in [6.45, 7) is 0.330. The van der Waals surface area contributed by atoms with Gasteiger partial charge < -0.3 is 20.5 Å². The van der Waals surface area contributed by atoms with Crippen LogP contribution in [0.1, 0.15) is 28.3 Å². The third kappa shape index (κ3) is 3.63. The molecule has 1 aromatic heterocycles. The number of fused-ring (bicyclic) bond motifs is 1. The van der Waals surface area contributed by atoms with E-state index in [2.05, 4.69) is 10.3 Å². The lowest BCUT2D eigenvalue weighted by atomic mass is 9.91. The lowest BCUT2D eigenvalue weighted by Crippen LogP contribution is -2.22. The Bertz CT molecular complexity index is 1040. The van der Waals surface area contributed by atoms with Crippen LogP contribution in [0.15, 0.2) is 42.5 Å². The molecule has 0 fully saturated rings. The molecule has 0 radical (unpaired) electrons. The van der Waals surface area contributed by atoms with Crippen LogP contribution in [-0.2, 0) is 11.4 Å². The monoisotopic (exact) mass is 415 g/mol. The minimum absolute atomic E-state index is 0.0826. The van der Waals surface area contributed by atoms with E-state index in [-0.39, 0.29) is 11.8 Å². The van der Waals surface area contributed by atoms with Gasteiger partial charge in [0.1, 0.15) is 12.4 Å². The van der Waals surface area contributed by atoms with Gasteiger partial charge in [-0.1, -0.05) is 47.2 Å². The lowest BCUT2D eigenvalue weighted by molar-refractivity contribution is -0.116. The van der Waals surface area contributed by atoms with E-state index >= 15 is 0 Å². The number of carbonyl (C=O) groups excluding carboxylic acids is 1. The van der Waals surface area contributed by atoms with Gasteiger partial charge >= 0.3 is 0 Å². The number of methoxy groups -OCH3 is 1. The van der Waals surface area contributed by atoms with Crippen LogP contribution in [0.3, 0.4) is 0 Å². The number of thiazole rings is 1. The first-order chi connectivity index (χ1) is 13.5. The normalized spacial score (nSPS) is 15.6. The highest BCUT2D eigenvalue weighted by Gasteiger charge is 2.30. The predicted octanol–water partition coefficient (Wildman–Crippen LogP) is 4.44. The highest BCUT2D eigenvalue weighted by atomic mass is 35.5. The fourth-order valence-electron chi connectivity index (χ4n) is 3.20. The molecule has 28 heavy (non-hydrogen) atoms. The maximum Gasteiger partial charge on any atom is 0.226 e. The van der Waals surface area contributed by atoms with E-state index in [1.165, 1.54) is 11.3 Å². The molecule has 0 saturated heterocycles. The molecule has 1 atom stereocenters. The summed E-state index contributed by atoms with van der Waals surface area (Å²) < 4.78 is 11.4. The Labute approximate surface area is 171 Å². The van der Waals surface area contributed by atoms with Crippen molar-refractivity contribution >= 4 is 39.8 Å².